The Morgan fingerprint density at radius 1 is 1.14 bits per heavy atom. The highest BCUT2D eigenvalue weighted by atomic mass is 19.4. The standard InChI is InChI=1S/C39H38F3N7O2/c1-4-35(50)45-30-14-26(11-12-29-9-5-6-13-43-29)20-48(22-30)21-27-15-32-33(34(16-27)39(40,41)42)23-49(36(32)51)31-10-7-8-28(17-31)38(18-25(2)19-38)37-46-44-24-47(37)3/h4-10,13,15-17,24-26,30H,1,14,18-23H2,2-3H3,(H,45,50)/t25?,26-,30+,38?/m1/s1. The van der Waals surface area contributed by atoms with E-state index >= 15 is 0 Å². The van der Waals surface area contributed by atoms with E-state index in [0.717, 1.165) is 30.3 Å². The van der Waals surface area contributed by atoms with Gasteiger partial charge in [-0.2, -0.15) is 13.2 Å². The maximum absolute atomic E-state index is 14.7. The molecule has 262 valence electrons. The molecule has 1 N–H and O–H groups in total. The zero-order valence-corrected chi connectivity index (χ0v) is 28.5. The van der Waals surface area contributed by atoms with Gasteiger partial charge in [0.25, 0.3) is 5.91 Å². The van der Waals surface area contributed by atoms with Crippen LogP contribution in [0.25, 0.3) is 0 Å². The number of hydrogen-bond acceptors (Lipinski definition) is 6. The van der Waals surface area contributed by atoms with E-state index in [1.807, 2.05) is 40.8 Å². The van der Waals surface area contributed by atoms with Gasteiger partial charge >= 0.3 is 6.18 Å². The largest absolute Gasteiger partial charge is 0.416 e. The average molecular weight is 694 g/mol. The van der Waals surface area contributed by atoms with Crippen molar-refractivity contribution in [2.24, 2.45) is 18.9 Å². The molecule has 12 heteroatoms. The predicted octanol–water partition coefficient (Wildman–Crippen LogP) is 5.65. The Kier molecular flexibility index (Phi) is 9.01. The van der Waals surface area contributed by atoms with Gasteiger partial charge in [0.1, 0.15) is 17.8 Å². The summed E-state index contributed by atoms with van der Waals surface area (Å²) in [5.41, 5.74) is 1.27. The molecule has 2 atom stereocenters. The van der Waals surface area contributed by atoms with Crippen molar-refractivity contribution >= 4 is 17.5 Å². The van der Waals surface area contributed by atoms with Crippen LogP contribution in [0.3, 0.4) is 0 Å². The van der Waals surface area contributed by atoms with Crippen LogP contribution in [-0.4, -0.2) is 55.6 Å². The van der Waals surface area contributed by atoms with E-state index in [-0.39, 0.29) is 42.1 Å². The Labute approximate surface area is 294 Å². The Hall–Kier alpha value is -5.28. The summed E-state index contributed by atoms with van der Waals surface area (Å²) in [6, 6.07) is 15.4. The van der Waals surface area contributed by atoms with Crippen molar-refractivity contribution in [2.75, 3.05) is 18.0 Å². The first-order valence-electron chi connectivity index (χ1n) is 17.0. The van der Waals surface area contributed by atoms with Gasteiger partial charge in [0, 0.05) is 56.1 Å². The number of pyridine rings is 1. The molecule has 2 fully saturated rings. The SMILES string of the molecule is C=CC(=O)N[C@H]1C[C@@H](C#Cc2ccccn2)CN(Cc2cc3c(c(C(F)(F)F)c2)CN(c2cccc(C4(c5nncn5C)CC(C)C4)c2)C3=O)C1. The molecular weight excluding hydrogens is 655 g/mol. The summed E-state index contributed by atoms with van der Waals surface area (Å²) in [7, 11) is 1.90. The van der Waals surface area contributed by atoms with Gasteiger partial charge in [-0.3, -0.25) is 14.5 Å². The third-order valence-electron chi connectivity index (χ3n) is 10.2. The van der Waals surface area contributed by atoms with Gasteiger partial charge in [0.05, 0.1) is 17.5 Å². The molecule has 0 bridgehead atoms. The second kappa shape index (κ2) is 13.5. The minimum Gasteiger partial charge on any atom is -0.349 e. The maximum Gasteiger partial charge on any atom is 0.416 e. The molecule has 1 saturated carbocycles. The van der Waals surface area contributed by atoms with Gasteiger partial charge in [0.15, 0.2) is 0 Å². The topological polar surface area (TPSA) is 96.2 Å². The lowest BCUT2D eigenvalue weighted by atomic mass is 9.58. The minimum atomic E-state index is -4.67. The monoisotopic (exact) mass is 693 g/mol. The fourth-order valence-electron chi connectivity index (χ4n) is 8.05. The Morgan fingerprint density at radius 3 is 2.65 bits per heavy atom. The van der Waals surface area contributed by atoms with Crippen molar-refractivity contribution in [1.82, 2.24) is 30.0 Å². The molecule has 3 aliphatic rings. The van der Waals surface area contributed by atoms with Crippen LogP contribution < -0.4 is 10.2 Å². The molecular formula is C39H38F3N7O2. The zero-order valence-electron chi connectivity index (χ0n) is 28.5. The van der Waals surface area contributed by atoms with Crippen molar-refractivity contribution < 1.29 is 22.8 Å². The number of carbonyl (C=O) groups excluding carboxylic acids is 2. The third kappa shape index (κ3) is 6.78. The van der Waals surface area contributed by atoms with E-state index in [4.69, 9.17) is 0 Å². The number of amides is 2. The van der Waals surface area contributed by atoms with E-state index in [1.165, 1.54) is 11.0 Å². The van der Waals surface area contributed by atoms with Gasteiger partial charge in [-0.05, 0) is 90.3 Å². The number of fused-ring (bicyclic) bond motifs is 1. The lowest BCUT2D eigenvalue weighted by Crippen LogP contribution is -2.50. The first kappa shape index (κ1) is 34.2. The highest BCUT2D eigenvalue weighted by molar-refractivity contribution is 6.10. The second-order valence-electron chi connectivity index (χ2n) is 14.0. The van der Waals surface area contributed by atoms with Crippen LogP contribution in [0.5, 0.6) is 0 Å². The van der Waals surface area contributed by atoms with E-state index < -0.39 is 23.1 Å². The summed E-state index contributed by atoms with van der Waals surface area (Å²) < 4.78 is 46.0. The number of aryl methyl sites for hydroxylation is 1. The van der Waals surface area contributed by atoms with Crippen LogP contribution in [0.2, 0.25) is 0 Å². The number of anilines is 1. The quantitative estimate of drug-likeness (QED) is 0.199. The highest BCUT2D eigenvalue weighted by Gasteiger charge is 2.48. The van der Waals surface area contributed by atoms with Crippen LogP contribution in [0.1, 0.15) is 70.3 Å². The van der Waals surface area contributed by atoms with Crippen molar-refractivity contribution in [3.8, 4) is 11.8 Å². The Bertz CT molecular complexity index is 2040. The number of nitrogens with zero attached hydrogens (tertiary/aromatic N) is 6. The number of benzene rings is 2. The molecule has 0 unspecified atom stereocenters. The Morgan fingerprint density at radius 2 is 1.96 bits per heavy atom. The second-order valence-corrected chi connectivity index (χ2v) is 14.0. The average Bonchev–Trinajstić information content (AvgIpc) is 3.68. The number of nitrogens with one attached hydrogen (secondary N) is 1. The minimum absolute atomic E-state index is 0.0317. The molecule has 0 spiro atoms. The van der Waals surface area contributed by atoms with Gasteiger partial charge in [0.2, 0.25) is 5.91 Å². The number of hydrogen-bond donors (Lipinski definition) is 1. The van der Waals surface area contributed by atoms with Crippen molar-refractivity contribution in [3.05, 3.63) is 119 Å². The van der Waals surface area contributed by atoms with Crippen LogP contribution >= 0.6 is 0 Å². The summed E-state index contributed by atoms with van der Waals surface area (Å²) in [6.45, 7) is 6.53. The van der Waals surface area contributed by atoms with Crippen LogP contribution in [0.4, 0.5) is 18.9 Å². The number of aromatic nitrogens is 4. The van der Waals surface area contributed by atoms with Gasteiger partial charge < -0.3 is 14.8 Å². The first-order valence-corrected chi connectivity index (χ1v) is 17.0. The lowest BCUT2D eigenvalue weighted by Gasteiger charge is -2.46. The molecule has 1 aliphatic carbocycles. The molecule has 51 heavy (non-hydrogen) atoms. The Balaban J connectivity index is 1.17. The number of carbonyl (C=O) groups is 2. The summed E-state index contributed by atoms with van der Waals surface area (Å²) in [6.07, 6.45) is 2.11. The summed E-state index contributed by atoms with van der Waals surface area (Å²) in [4.78, 5) is 33.9. The number of likely N-dealkylation sites (tertiary alicyclic amines) is 1. The number of rotatable bonds is 7. The zero-order chi connectivity index (χ0) is 35.9. The molecule has 0 radical (unpaired) electrons. The lowest BCUT2D eigenvalue weighted by molar-refractivity contribution is -0.138. The van der Waals surface area contributed by atoms with Crippen molar-refractivity contribution in [3.63, 3.8) is 0 Å². The molecule has 1 saturated heterocycles. The number of halogens is 3. The summed E-state index contributed by atoms with van der Waals surface area (Å²) >= 11 is 0. The molecule has 2 aromatic carbocycles. The van der Waals surface area contributed by atoms with Crippen LogP contribution in [0, 0.1) is 23.7 Å². The number of alkyl halides is 3. The molecule has 4 heterocycles. The highest BCUT2D eigenvalue weighted by Crippen LogP contribution is 2.52. The van der Waals surface area contributed by atoms with Crippen molar-refractivity contribution in [2.45, 2.75) is 56.9 Å². The molecule has 4 aromatic rings. The maximum atomic E-state index is 14.7. The summed E-state index contributed by atoms with van der Waals surface area (Å²) in [5.74, 6) is 6.62. The first-order chi connectivity index (χ1) is 24.4. The smallest absolute Gasteiger partial charge is 0.349 e. The summed E-state index contributed by atoms with van der Waals surface area (Å²) in [5, 5.41) is 11.4. The molecule has 2 amide bonds. The van der Waals surface area contributed by atoms with Gasteiger partial charge in [-0.1, -0.05) is 37.6 Å². The fraction of sp³-hybridized carbons (Fsp3) is 0.359. The van der Waals surface area contributed by atoms with E-state index in [9.17, 15) is 22.8 Å². The molecule has 7 rings (SSSR count). The van der Waals surface area contributed by atoms with Crippen molar-refractivity contribution in [1.29, 1.82) is 0 Å². The van der Waals surface area contributed by atoms with Crippen LogP contribution in [-0.2, 0) is 36.5 Å². The fourth-order valence-corrected chi connectivity index (χ4v) is 8.05. The molecule has 9 nitrogen and oxygen atoms in total. The predicted molar refractivity (Wildman–Crippen MR) is 185 cm³/mol. The molecule has 2 aliphatic heterocycles. The third-order valence-corrected chi connectivity index (χ3v) is 10.2. The molecule has 2 aromatic heterocycles. The van der Waals surface area contributed by atoms with Crippen LogP contribution in [0.15, 0.2) is 79.8 Å². The number of piperidine rings is 1. The van der Waals surface area contributed by atoms with E-state index in [1.54, 1.807) is 36.8 Å². The van der Waals surface area contributed by atoms with E-state index in [0.29, 0.717) is 42.4 Å². The van der Waals surface area contributed by atoms with E-state index in [2.05, 4.69) is 45.8 Å². The van der Waals surface area contributed by atoms with Gasteiger partial charge in [-0.25, -0.2) is 4.98 Å². The van der Waals surface area contributed by atoms with Gasteiger partial charge in [-0.15, -0.1) is 10.2 Å². The normalized spacial score (nSPS) is 23.2.